The molecule has 0 aliphatic carbocycles. The molecule has 0 radical (unpaired) electrons. The van der Waals surface area contributed by atoms with Gasteiger partial charge in [-0.3, -0.25) is 9.78 Å². The monoisotopic (exact) mass is 391 g/mol. The lowest BCUT2D eigenvalue weighted by Crippen LogP contribution is -2.29. The van der Waals surface area contributed by atoms with E-state index in [0.717, 1.165) is 17.7 Å². The van der Waals surface area contributed by atoms with E-state index in [9.17, 15) is 4.79 Å². The summed E-state index contributed by atoms with van der Waals surface area (Å²) in [7, 11) is 1.76. The van der Waals surface area contributed by atoms with Crippen LogP contribution in [-0.2, 0) is 6.42 Å². The Morgan fingerprint density at radius 2 is 1.86 bits per heavy atom. The minimum atomic E-state index is -0.160. The van der Waals surface area contributed by atoms with Gasteiger partial charge in [-0.1, -0.05) is 0 Å². The van der Waals surface area contributed by atoms with Crippen molar-refractivity contribution in [2.45, 2.75) is 6.42 Å². The predicted octanol–water partition coefficient (Wildman–Crippen LogP) is 2.70. The smallest absolute Gasteiger partial charge is 0.272 e. The summed E-state index contributed by atoms with van der Waals surface area (Å²) >= 11 is 0. The van der Waals surface area contributed by atoms with Crippen LogP contribution in [0, 0.1) is 0 Å². The summed E-state index contributed by atoms with van der Waals surface area (Å²) in [6, 6.07) is 11.0. The van der Waals surface area contributed by atoms with Gasteiger partial charge in [-0.15, -0.1) is 0 Å². The number of fused-ring (bicyclic) bond motifs is 1. The SMILES string of the molecule is CN(CCc1ccncc1)C(=O)c1ccnc(Nc2ccc3c(c2)OCCO3)n1. The highest BCUT2D eigenvalue weighted by atomic mass is 16.6. The van der Waals surface area contributed by atoms with E-state index in [2.05, 4.69) is 20.3 Å². The maximum absolute atomic E-state index is 12.7. The fourth-order valence-corrected chi connectivity index (χ4v) is 2.93. The second kappa shape index (κ2) is 8.55. The maximum atomic E-state index is 12.7. The number of likely N-dealkylation sites (N-methyl/N-ethyl adjacent to an activating group) is 1. The van der Waals surface area contributed by atoms with Crippen molar-refractivity contribution < 1.29 is 14.3 Å². The van der Waals surface area contributed by atoms with Gasteiger partial charge in [0.2, 0.25) is 5.95 Å². The van der Waals surface area contributed by atoms with Crippen molar-refractivity contribution >= 4 is 17.5 Å². The Kier molecular flexibility index (Phi) is 5.51. The zero-order chi connectivity index (χ0) is 20.1. The molecule has 1 amide bonds. The number of benzene rings is 1. The summed E-state index contributed by atoms with van der Waals surface area (Å²) in [4.78, 5) is 26.9. The van der Waals surface area contributed by atoms with Gasteiger partial charge < -0.3 is 19.7 Å². The molecule has 1 N–H and O–H groups in total. The summed E-state index contributed by atoms with van der Waals surface area (Å²) in [6.45, 7) is 1.64. The highest BCUT2D eigenvalue weighted by molar-refractivity contribution is 5.92. The van der Waals surface area contributed by atoms with Gasteiger partial charge in [-0.05, 0) is 42.3 Å². The molecule has 2 aromatic heterocycles. The minimum absolute atomic E-state index is 0.160. The number of hydrogen-bond acceptors (Lipinski definition) is 7. The van der Waals surface area contributed by atoms with Crippen LogP contribution in [-0.4, -0.2) is 52.6 Å². The predicted molar refractivity (Wildman–Crippen MR) is 108 cm³/mol. The van der Waals surface area contributed by atoms with Crippen LogP contribution in [0.2, 0.25) is 0 Å². The molecular formula is C21H21N5O3. The average molecular weight is 391 g/mol. The Hall–Kier alpha value is -3.68. The van der Waals surface area contributed by atoms with E-state index in [0.29, 0.717) is 42.9 Å². The van der Waals surface area contributed by atoms with Crippen LogP contribution in [0.15, 0.2) is 55.0 Å². The summed E-state index contributed by atoms with van der Waals surface area (Å²) in [5, 5.41) is 3.11. The third kappa shape index (κ3) is 4.60. The quantitative estimate of drug-likeness (QED) is 0.691. The molecule has 1 aromatic carbocycles. The largest absolute Gasteiger partial charge is 0.486 e. The van der Waals surface area contributed by atoms with Gasteiger partial charge >= 0.3 is 0 Å². The molecule has 0 saturated heterocycles. The summed E-state index contributed by atoms with van der Waals surface area (Å²) in [5.41, 5.74) is 2.21. The van der Waals surface area contributed by atoms with Gasteiger partial charge in [0.15, 0.2) is 11.5 Å². The number of amides is 1. The minimum Gasteiger partial charge on any atom is -0.486 e. The van der Waals surface area contributed by atoms with Crippen molar-refractivity contribution in [3.63, 3.8) is 0 Å². The number of ether oxygens (including phenoxy) is 2. The van der Waals surface area contributed by atoms with E-state index >= 15 is 0 Å². The van der Waals surface area contributed by atoms with Gasteiger partial charge in [-0.25, -0.2) is 9.97 Å². The lowest BCUT2D eigenvalue weighted by Gasteiger charge is -2.19. The van der Waals surface area contributed by atoms with Gasteiger partial charge in [-0.2, -0.15) is 0 Å². The first-order valence-corrected chi connectivity index (χ1v) is 9.33. The third-order valence-corrected chi connectivity index (χ3v) is 4.50. The Bertz CT molecular complexity index is 997. The van der Waals surface area contributed by atoms with Crippen molar-refractivity contribution in [3.8, 4) is 11.5 Å². The van der Waals surface area contributed by atoms with E-state index in [1.54, 1.807) is 36.6 Å². The van der Waals surface area contributed by atoms with E-state index in [-0.39, 0.29) is 5.91 Å². The zero-order valence-electron chi connectivity index (χ0n) is 16.0. The molecule has 0 bridgehead atoms. The lowest BCUT2D eigenvalue weighted by atomic mass is 10.2. The summed E-state index contributed by atoms with van der Waals surface area (Å²) in [6.07, 6.45) is 5.81. The fraction of sp³-hybridized carbons (Fsp3) is 0.238. The molecule has 0 saturated carbocycles. The number of anilines is 2. The molecule has 8 heteroatoms. The molecule has 0 unspecified atom stereocenters. The third-order valence-electron chi connectivity index (χ3n) is 4.50. The van der Waals surface area contributed by atoms with Gasteiger partial charge in [0.1, 0.15) is 18.9 Å². The van der Waals surface area contributed by atoms with E-state index in [4.69, 9.17) is 9.47 Å². The van der Waals surface area contributed by atoms with Crippen LogP contribution in [0.4, 0.5) is 11.6 Å². The number of carbonyl (C=O) groups is 1. The van der Waals surface area contributed by atoms with Crippen LogP contribution in [0.3, 0.4) is 0 Å². The standard InChI is InChI=1S/C21H21N5O3/c1-26(11-7-15-4-8-22-9-5-15)20(27)17-6-10-23-21(25-17)24-16-2-3-18-19(14-16)29-13-12-28-18/h2-6,8-10,14H,7,11-13H2,1H3,(H,23,24,25). The van der Waals surface area contributed by atoms with Crippen LogP contribution in [0.25, 0.3) is 0 Å². The lowest BCUT2D eigenvalue weighted by molar-refractivity contribution is 0.0791. The Morgan fingerprint density at radius 3 is 2.69 bits per heavy atom. The number of nitrogens with zero attached hydrogens (tertiary/aromatic N) is 4. The molecule has 29 heavy (non-hydrogen) atoms. The Balaban J connectivity index is 1.42. The van der Waals surface area contributed by atoms with Crippen LogP contribution in [0.5, 0.6) is 11.5 Å². The molecule has 3 heterocycles. The van der Waals surface area contributed by atoms with Crippen LogP contribution >= 0.6 is 0 Å². The summed E-state index contributed by atoms with van der Waals surface area (Å²) in [5.74, 6) is 1.56. The molecule has 3 aromatic rings. The highest BCUT2D eigenvalue weighted by Gasteiger charge is 2.15. The molecule has 4 rings (SSSR count). The molecule has 0 spiro atoms. The van der Waals surface area contributed by atoms with Crippen molar-refractivity contribution in [1.29, 1.82) is 0 Å². The Labute approximate surface area is 168 Å². The Morgan fingerprint density at radius 1 is 1.07 bits per heavy atom. The van der Waals surface area contributed by atoms with Crippen molar-refractivity contribution in [3.05, 3.63) is 66.2 Å². The van der Waals surface area contributed by atoms with Gasteiger partial charge in [0.25, 0.3) is 5.91 Å². The van der Waals surface area contributed by atoms with Crippen LogP contribution < -0.4 is 14.8 Å². The number of rotatable bonds is 6. The topological polar surface area (TPSA) is 89.5 Å². The highest BCUT2D eigenvalue weighted by Crippen LogP contribution is 2.33. The number of carbonyl (C=O) groups excluding carboxylic acids is 1. The molecule has 148 valence electrons. The second-order valence-corrected chi connectivity index (χ2v) is 6.58. The molecule has 0 fully saturated rings. The normalized spacial score (nSPS) is 12.3. The van der Waals surface area contributed by atoms with Crippen molar-refractivity contribution in [1.82, 2.24) is 19.9 Å². The molecular weight excluding hydrogens is 370 g/mol. The number of nitrogens with one attached hydrogen (secondary N) is 1. The van der Waals surface area contributed by atoms with Gasteiger partial charge in [0, 0.05) is 43.9 Å². The van der Waals surface area contributed by atoms with Gasteiger partial charge in [0.05, 0.1) is 0 Å². The average Bonchev–Trinajstić information content (AvgIpc) is 2.78. The first kappa shape index (κ1) is 18.7. The first-order chi connectivity index (χ1) is 14.2. The maximum Gasteiger partial charge on any atom is 0.272 e. The van der Waals surface area contributed by atoms with Crippen LogP contribution in [0.1, 0.15) is 16.1 Å². The number of pyridine rings is 1. The van der Waals surface area contributed by atoms with E-state index in [1.165, 1.54) is 0 Å². The number of aromatic nitrogens is 3. The number of hydrogen-bond donors (Lipinski definition) is 1. The summed E-state index contributed by atoms with van der Waals surface area (Å²) < 4.78 is 11.1. The van der Waals surface area contributed by atoms with Crippen molar-refractivity contribution in [2.24, 2.45) is 0 Å². The van der Waals surface area contributed by atoms with Crippen molar-refractivity contribution in [2.75, 3.05) is 32.1 Å². The second-order valence-electron chi connectivity index (χ2n) is 6.58. The van der Waals surface area contributed by atoms with E-state index in [1.807, 2.05) is 30.3 Å². The molecule has 1 aliphatic heterocycles. The molecule has 8 nitrogen and oxygen atoms in total. The first-order valence-electron chi connectivity index (χ1n) is 9.33. The molecule has 1 aliphatic rings. The zero-order valence-corrected chi connectivity index (χ0v) is 16.0. The van der Waals surface area contributed by atoms with E-state index < -0.39 is 0 Å². The fourth-order valence-electron chi connectivity index (χ4n) is 2.93. The molecule has 0 atom stereocenters.